The van der Waals surface area contributed by atoms with Crippen LogP contribution in [0.2, 0.25) is 0 Å². The Balaban J connectivity index is 2.25. The number of fused-ring (bicyclic) bond motifs is 1. The smallest absolute Gasteiger partial charge is 0.373 e. The maximum atomic E-state index is 12.2. The molecule has 1 heterocycles. The van der Waals surface area contributed by atoms with E-state index in [-0.39, 0.29) is 17.9 Å². The molecule has 1 aliphatic heterocycles. The predicted octanol–water partition coefficient (Wildman–Crippen LogP) is 2.98. The number of ether oxygens (including phenoxy) is 6. The van der Waals surface area contributed by atoms with Gasteiger partial charge in [-0.2, -0.15) is 0 Å². The largest absolute Gasteiger partial charge is 0.463 e. The summed E-state index contributed by atoms with van der Waals surface area (Å²) in [6.07, 6.45) is 1.10. The molecule has 0 fully saturated rings. The summed E-state index contributed by atoms with van der Waals surface area (Å²) in [5.41, 5.74) is 0.347. The van der Waals surface area contributed by atoms with Gasteiger partial charge in [-0.1, -0.05) is 12.1 Å². The zero-order valence-electron chi connectivity index (χ0n) is 18.4. The summed E-state index contributed by atoms with van der Waals surface area (Å²) in [7, 11) is 4.12. The van der Waals surface area contributed by atoms with E-state index in [1.165, 1.54) is 41.3 Å². The molecule has 0 aromatic heterocycles. The predicted molar refractivity (Wildman–Crippen MR) is 112 cm³/mol. The van der Waals surface area contributed by atoms with E-state index in [1.54, 1.807) is 30.3 Å². The molecule has 0 bridgehead atoms. The zero-order chi connectivity index (χ0) is 23.5. The molecule has 170 valence electrons. The molecule has 9 heteroatoms. The third kappa shape index (κ3) is 4.44. The highest BCUT2D eigenvalue weighted by atomic mass is 16.7. The Kier molecular flexibility index (Phi) is 6.81. The zero-order valence-corrected chi connectivity index (χ0v) is 18.4. The van der Waals surface area contributed by atoms with E-state index in [0.29, 0.717) is 22.1 Å². The molecule has 0 radical (unpaired) electrons. The van der Waals surface area contributed by atoms with Gasteiger partial charge in [0.25, 0.3) is 0 Å². The topological polar surface area (TPSA) is 107 Å². The summed E-state index contributed by atoms with van der Waals surface area (Å²) in [5, 5.41) is 1.02. The van der Waals surface area contributed by atoms with Crippen LogP contribution in [0.5, 0.6) is 11.5 Å². The molecule has 2 atom stereocenters. The Hall–Kier alpha value is -3.43. The van der Waals surface area contributed by atoms with Crippen molar-refractivity contribution in [2.45, 2.75) is 32.2 Å². The van der Waals surface area contributed by atoms with Crippen LogP contribution in [0.4, 0.5) is 0 Å². The summed E-state index contributed by atoms with van der Waals surface area (Å²) in [6.45, 7) is 2.55. The quantitative estimate of drug-likeness (QED) is 0.491. The molecule has 32 heavy (non-hydrogen) atoms. The summed E-state index contributed by atoms with van der Waals surface area (Å²) in [5.74, 6) is -2.96. The van der Waals surface area contributed by atoms with Crippen LogP contribution < -0.4 is 9.47 Å². The van der Waals surface area contributed by atoms with Gasteiger partial charge in [-0.05, 0) is 24.3 Å². The highest BCUT2D eigenvalue weighted by molar-refractivity contribution is 5.97. The van der Waals surface area contributed by atoms with E-state index >= 15 is 0 Å². The van der Waals surface area contributed by atoms with E-state index < -0.39 is 29.8 Å². The summed E-state index contributed by atoms with van der Waals surface area (Å²) < 4.78 is 32.8. The fourth-order valence-corrected chi connectivity index (χ4v) is 3.61. The minimum absolute atomic E-state index is 0.102. The monoisotopic (exact) mass is 444 g/mol. The van der Waals surface area contributed by atoms with Gasteiger partial charge in [-0.25, -0.2) is 4.79 Å². The average molecular weight is 444 g/mol. The fraction of sp³-hybridized carbons (Fsp3) is 0.348. The molecule has 0 spiro atoms. The molecule has 0 aliphatic carbocycles. The molecule has 1 aliphatic rings. The van der Waals surface area contributed by atoms with Gasteiger partial charge >= 0.3 is 17.9 Å². The van der Waals surface area contributed by atoms with E-state index in [4.69, 9.17) is 28.4 Å². The molecule has 2 aromatic carbocycles. The van der Waals surface area contributed by atoms with Gasteiger partial charge < -0.3 is 28.4 Å². The van der Waals surface area contributed by atoms with Crippen molar-refractivity contribution in [3.8, 4) is 11.5 Å². The number of rotatable bonds is 6. The number of carbonyl (C=O) groups excluding carboxylic acids is 3. The minimum atomic E-state index is -1.53. The van der Waals surface area contributed by atoms with E-state index in [0.717, 1.165) is 0 Å². The Morgan fingerprint density at radius 3 is 2.28 bits per heavy atom. The first-order valence-corrected chi connectivity index (χ1v) is 9.74. The highest BCUT2D eigenvalue weighted by Crippen LogP contribution is 2.46. The van der Waals surface area contributed by atoms with Crippen molar-refractivity contribution in [2.24, 2.45) is 0 Å². The minimum Gasteiger partial charge on any atom is -0.463 e. The van der Waals surface area contributed by atoms with Crippen molar-refractivity contribution >= 4 is 28.7 Å². The highest BCUT2D eigenvalue weighted by Gasteiger charge is 2.45. The molecule has 2 aromatic rings. The molecule has 3 rings (SSSR count). The first-order valence-electron chi connectivity index (χ1n) is 9.74. The van der Waals surface area contributed by atoms with Gasteiger partial charge in [0, 0.05) is 45.3 Å². The van der Waals surface area contributed by atoms with Crippen molar-refractivity contribution in [3.63, 3.8) is 0 Å². The second-order valence-electron chi connectivity index (χ2n) is 7.04. The van der Waals surface area contributed by atoms with Crippen molar-refractivity contribution in [1.82, 2.24) is 0 Å². The van der Waals surface area contributed by atoms with Crippen LogP contribution in [0.3, 0.4) is 0 Å². The van der Waals surface area contributed by atoms with Crippen LogP contribution in [0.25, 0.3) is 10.8 Å². The first kappa shape index (κ1) is 23.2. The molecule has 0 N–H and O–H groups in total. The normalized spacial score (nSPS) is 20.2. The summed E-state index contributed by atoms with van der Waals surface area (Å²) >= 11 is 0. The first-order chi connectivity index (χ1) is 15.2. The molecule has 0 amide bonds. The second kappa shape index (κ2) is 9.37. The van der Waals surface area contributed by atoms with Gasteiger partial charge in [0.05, 0.1) is 18.8 Å². The Morgan fingerprint density at radius 2 is 1.69 bits per heavy atom. The fourth-order valence-electron chi connectivity index (χ4n) is 3.61. The third-order valence-electron chi connectivity index (χ3n) is 4.98. The van der Waals surface area contributed by atoms with Crippen LogP contribution in [-0.4, -0.2) is 45.3 Å². The number of carbonyl (C=O) groups is 3. The number of esters is 3. The van der Waals surface area contributed by atoms with Crippen molar-refractivity contribution in [1.29, 1.82) is 0 Å². The third-order valence-corrected chi connectivity index (χ3v) is 4.98. The molecular formula is C23H24O9. The lowest BCUT2D eigenvalue weighted by atomic mass is 9.92. The van der Waals surface area contributed by atoms with Gasteiger partial charge in [-0.3, -0.25) is 9.59 Å². The van der Waals surface area contributed by atoms with E-state index in [2.05, 4.69) is 0 Å². The second-order valence-corrected chi connectivity index (χ2v) is 7.04. The lowest BCUT2D eigenvalue weighted by molar-refractivity contribution is -0.236. The maximum Gasteiger partial charge on any atom is 0.373 e. The number of hydrogen-bond acceptors (Lipinski definition) is 9. The number of hydrogen-bond donors (Lipinski definition) is 0. The number of benzene rings is 2. The molecule has 0 saturated heterocycles. The van der Waals surface area contributed by atoms with Crippen LogP contribution in [0.1, 0.15) is 25.8 Å². The standard InChI is InChI=1S/C23H24O9/c1-13(24)30-19-8-6-7-17-16(19)9-10-18(21(17)31-14(2)25)23(29-5)12-15(27-3)11-20(32-23)22(26)28-4/h6-11,15H,12H2,1-5H3/t15-,23-/m0/s1. The lowest BCUT2D eigenvalue weighted by Gasteiger charge is -2.39. The van der Waals surface area contributed by atoms with Crippen LogP contribution in [0, 0.1) is 0 Å². The van der Waals surface area contributed by atoms with Crippen molar-refractivity contribution in [3.05, 3.63) is 47.7 Å². The van der Waals surface area contributed by atoms with Crippen LogP contribution >= 0.6 is 0 Å². The Bertz CT molecular complexity index is 1090. The van der Waals surface area contributed by atoms with E-state index in [1.807, 2.05) is 0 Å². The van der Waals surface area contributed by atoms with Gasteiger partial charge in [0.15, 0.2) is 0 Å². The Labute approximate surface area is 184 Å². The summed E-state index contributed by atoms with van der Waals surface area (Å²) in [4.78, 5) is 35.7. The SMILES string of the molecule is COC(=O)C1=C[C@H](OC)C[C@@](OC)(c2ccc3c(OC(C)=O)cccc3c2OC(C)=O)O1. The maximum absolute atomic E-state index is 12.2. The lowest BCUT2D eigenvalue weighted by Crippen LogP contribution is -2.41. The van der Waals surface area contributed by atoms with Crippen molar-refractivity contribution in [2.75, 3.05) is 21.3 Å². The van der Waals surface area contributed by atoms with Crippen molar-refractivity contribution < 1.29 is 42.8 Å². The number of methoxy groups -OCH3 is 3. The Morgan fingerprint density at radius 1 is 0.969 bits per heavy atom. The molecule has 0 unspecified atom stereocenters. The average Bonchev–Trinajstić information content (AvgIpc) is 2.77. The molecule has 0 saturated carbocycles. The van der Waals surface area contributed by atoms with Gasteiger partial charge in [0.2, 0.25) is 11.5 Å². The van der Waals surface area contributed by atoms with Crippen LogP contribution in [-0.2, 0) is 39.1 Å². The molecule has 9 nitrogen and oxygen atoms in total. The van der Waals surface area contributed by atoms with E-state index in [9.17, 15) is 14.4 Å². The van der Waals surface area contributed by atoms with Crippen LogP contribution in [0.15, 0.2) is 42.2 Å². The van der Waals surface area contributed by atoms with Gasteiger partial charge in [-0.15, -0.1) is 0 Å². The summed E-state index contributed by atoms with van der Waals surface area (Å²) in [6, 6.07) is 8.32. The molecular weight excluding hydrogens is 420 g/mol. The van der Waals surface area contributed by atoms with Gasteiger partial charge in [0.1, 0.15) is 11.5 Å².